The molecule has 1 aliphatic heterocycles. The van der Waals surface area contributed by atoms with Crippen LogP contribution < -0.4 is 5.32 Å². The van der Waals surface area contributed by atoms with Crippen LogP contribution in [-0.2, 0) is 4.79 Å². The molecule has 8 nitrogen and oxygen atoms in total. The molecule has 0 saturated carbocycles. The first-order valence-electron chi connectivity index (χ1n) is 7.89. The molecule has 0 atom stereocenters. The number of amides is 2. The van der Waals surface area contributed by atoms with Crippen LogP contribution in [0.5, 0.6) is 0 Å². The maximum Gasteiger partial charge on any atom is 0.270 e. The van der Waals surface area contributed by atoms with Gasteiger partial charge in [0.1, 0.15) is 0 Å². The molecule has 130 valence electrons. The fourth-order valence-corrected chi connectivity index (χ4v) is 2.71. The SMILES string of the molecule is CNc1ccc([N+](=O)[O-])cc1C(=O)N1CCN(C(=O)C(C)C)CC1. The molecule has 1 N–H and O–H groups in total. The quantitative estimate of drug-likeness (QED) is 0.666. The number of hydrogen-bond acceptors (Lipinski definition) is 5. The topological polar surface area (TPSA) is 95.8 Å². The van der Waals surface area contributed by atoms with Crippen LogP contribution in [0.25, 0.3) is 0 Å². The summed E-state index contributed by atoms with van der Waals surface area (Å²) in [7, 11) is 1.66. The standard InChI is InChI=1S/C16H22N4O4/c1-11(2)15(21)18-6-8-19(9-7-18)16(22)13-10-12(20(23)24)4-5-14(13)17-3/h4-5,10-11,17H,6-9H2,1-3H3. The molecule has 0 aliphatic carbocycles. The van der Waals surface area contributed by atoms with Crippen molar-refractivity contribution in [1.82, 2.24) is 9.80 Å². The fourth-order valence-electron chi connectivity index (χ4n) is 2.71. The van der Waals surface area contributed by atoms with Crippen LogP contribution in [0.1, 0.15) is 24.2 Å². The third kappa shape index (κ3) is 3.64. The lowest BCUT2D eigenvalue weighted by molar-refractivity contribution is -0.384. The predicted molar refractivity (Wildman–Crippen MR) is 90.0 cm³/mol. The number of carbonyl (C=O) groups is 2. The highest BCUT2D eigenvalue weighted by molar-refractivity contribution is 6.00. The number of piperazine rings is 1. The van der Waals surface area contributed by atoms with E-state index in [1.54, 1.807) is 16.8 Å². The Kier molecular flexibility index (Phi) is 5.38. The highest BCUT2D eigenvalue weighted by Crippen LogP contribution is 2.24. The van der Waals surface area contributed by atoms with Crippen molar-refractivity contribution in [2.75, 3.05) is 38.5 Å². The Labute approximate surface area is 140 Å². The molecule has 8 heteroatoms. The van der Waals surface area contributed by atoms with Gasteiger partial charge in [-0.2, -0.15) is 0 Å². The molecule has 1 aromatic rings. The van der Waals surface area contributed by atoms with E-state index in [0.29, 0.717) is 31.9 Å². The summed E-state index contributed by atoms with van der Waals surface area (Å²) in [5.74, 6) is -0.257. The summed E-state index contributed by atoms with van der Waals surface area (Å²) in [6, 6.07) is 4.19. The van der Waals surface area contributed by atoms with Crippen molar-refractivity contribution >= 4 is 23.2 Å². The minimum atomic E-state index is -0.518. The second-order valence-electron chi connectivity index (χ2n) is 6.01. The maximum atomic E-state index is 12.7. The van der Waals surface area contributed by atoms with Gasteiger partial charge in [-0.25, -0.2) is 0 Å². The van der Waals surface area contributed by atoms with Crippen molar-refractivity contribution in [3.8, 4) is 0 Å². The third-order valence-corrected chi connectivity index (χ3v) is 4.09. The van der Waals surface area contributed by atoms with E-state index in [4.69, 9.17) is 0 Å². The number of anilines is 1. The molecule has 0 spiro atoms. The van der Waals surface area contributed by atoms with E-state index >= 15 is 0 Å². The van der Waals surface area contributed by atoms with Gasteiger partial charge in [-0.05, 0) is 6.07 Å². The first-order valence-corrected chi connectivity index (χ1v) is 7.89. The van der Waals surface area contributed by atoms with E-state index < -0.39 is 4.92 Å². The summed E-state index contributed by atoms with van der Waals surface area (Å²) in [6.45, 7) is 5.50. The molecule has 1 saturated heterocycles. The summed E-state index contributed by atoms with van der Waals surface area (Å²) >= 11 is 0. The summed E-state index contributed by atoms with van der Waals surface area (Å²) < 4.78 is 0. The minimum Gasteiger partial charge on any atom is -0.387 e. The van der Waals surface area contributed by atoms with Crippen molar-refractivity contribution in [3.63, 3.8) is 0 Å². The number of nitrogens with one attached hydrogen (secondary N) is 1. The van der Waals surface area contributed by atoms with Crippen LogP contribution in [0.4, 0.5) is 11.4 Å². The first-order chi connectivity index (χ1) is 11.3. The van der Waals surface area contributed by atoms with Crippen molar-refractivity contribution in [2.24, 2.45) is 5.92 Å². The Hall–Kier alpha value is -2.64. The van der Waals surface area contributed by atoms with Gasteiger partial charge in [0.25, 0.3) is 11.6 Å². The smallest absolute Gasteiger partial charge is 0.270 e. The predicted octanol–water partition coefficient (Wildman–Crippen LogP) is 1.58. The van der Waals surface area contributed by atoms with Crippen molar-refractivity contribution < 1.29 is 14.5 Å². The van der Waals surface area contributed by atoms with Gasteiger partial charge in [0.15, 0.2) is 0 Å². The molecule has 1 fully saturated rings. The van der Waals surface area contributed by atoms with Gasteiger partial charge in [0, 0.05) is 57.0 Å². The average Bonchev–Trinajstić information content (AvgIpc) is 2.59. The Morgan fingerprint density at radius 1 is 1.17 bits per heavy atom. The van der Waals surface area contributed by atoms with E-state index in [1.807, 2.05) is 13.8 Å². The Balaban J connectivity index is 2.14. The monoisotopic (exact) mass is 334 g/mol. The second kappa shape index (κ2) is 7.29. The summed E-state index contributed by atoms with van der Waals surface area (Å²) in [4.78, 5) is 38.5. The molecule has 1 heterocycles. The highest BCUT2D eigenvalue weighted by atomic mass is 16.6. The number of benzene rings is 1. The molecular weight excluding hydrogens is 312 g/mol. The number of hydrogen-bond donors (Lipinski definition) is 1. The third-order valence-electron chi connectivity index (χ3n) is 4.09. The van der Waals surface area contributed by atoms with Crippen molar-refractivity contribution in [3.05, 3.63) is 33.9 Å². The van der Waals surface area contributed by atoms with Gasteiger partial charge in [0.05, 0.1) is 10.5 Å². The van der Waals surface area contributed by atoms with E-state index in [-0.39, 0.29) is 29.0 Å². The molecule has 24 heavy (non-hydrogen) atoms. The zero-order chi connectivity index (χ0) is 17.9. The van der Waals surface area contributed by atoms with Crippen molar-refractivity contribution in [2.45, 2.75) is 13.8 Å². The molecule has 0 unspecified atom stereocenters. The lowest BCUT2D eigenvalue weighted by Crippen LogP contribution is -2.51. The van der Waals surface area contributed by atoms with Gasteiger partial charge >= 0.3 is 0 Å². The van der Waals surface area contributed by atoms with Crippen LogP contribution in [-0.4, -0.2) is 59.8 Å². The van der Waals surface area contributed by atoms with Gasteiger partial charge in [-0.1, -0.05) is 13.8 Å². The van der Waals surface area contributed by atoms with Crippen LogP contribution in [0, 0.1) is 16.0 Å². The van der Waals surface area contributed by atoms with Gasteiger partial charge < -0.3 is 15.1 Å². The fraction of sp³-hybridized carbons (Fsp3) is 0.500. The number of nitro benzene ring substituents is 1. The molecular formula is C16H22N4O4. The normalized spacial score (nSPS) is 14.7. The van der Waals surface area contributed by atoms with Crippen LogP contribution in [0.15, 0.2) is 18.2 Å². The van der Waals surface area contributed by atoms with E-state index in [0.717, 1.165) is 0 Å². The van der Waals surface area contributed by atoms with Crippen molar-refractivity contribution in [1.29, 1.82) is 0 Å². The van der Waals surface area contributed by atoms with Crippen LogP contribution >= 0.6 is 0 Å². The van der Waals surface area contributed by atoms with Crippen LogP contribution in [0.3, 0.4) is 0 Å². The lowest BCUT2D eigenvalue weighted by atomic mass is 10.1. The number of carbonyl (C=O) groups excluding carboxylic acids is 2. The average molecular weight is 334 g/mol. The van der Waals surface area contributed by atoms with E-state index in [1.165, 1.54) is 18.2 Å². The number of non-ortho nitro benzene ring substituents is 1. The molecule has 0 aromatic heterocycles. The molecule has 2 rings (SSSR count). The van der Waals surface area contributed by atoms with Gasteiger partial charge in [0.2, 0.25) is 5.91 Å². The van der Waals surface area contributed by atoms with Gasteiger partial charge in [-0.15, -0.1) is 0 Å². The molecule has 2 amide bonds. The van der Waals surface area contributed by atoms with Crippen LogP contribution in [0.2, 0.25) is 0 Å². The molecule has 1 aliphatic rings. The summed E-state index contributed by atoms with van der Waals surface area (Å²) in [5, 5.41) is 13.8. The first kappa shape index (κ1) is 17.7. The maximum absolute atomic E-state index is 12.7. The number of nitro groups is 1. The molecule has 0 bridgehead atoms. The highest BCUT2D eigenvalue weighted by Gasteiger charge is 2.27. The largest absolute Gasteiger partial charge is 0.387 e. The molecule has 1 aromatic carbocycles. The lowest BCUT2D eigenvalue weighted by Gasteiger charge is -2.35. The summed E-state index contributed by atoms with van der Waals surface area (Å²) in [5.41, 5.74) is 0.701. The number of rotatable bonds is 4. The zero-order valence-corrected chi connectivity index (χ0v) is 14.1. The summed E-state index contributed by atoms with van der Waals surface area (Å²) in [6.07, 6.45) is 0. The number of nitrogens with zero attached hydrogens (tertiary/aromatic N) is 3. The van der Waals surface area contributed by atoms with E-state index in [9.17, 15) is 19.7 Å². The van der Waals surface area contributed by atoms with E-state index in [2.05, 4.69) is 5.32 Å². The zero-order valence-electron chi connectivity index (χ0n) is 14.1. The molecule has 0 radical (unpaired) electrons. The Morgan fingerprint density at radius 3 is 2.25 bits per heavy atom. The van der Waals surface area contributed by atoms with Gasteiger partial charge in [-0.3, -0.25) is 19.7 Å². The second-order valence-corrected chi connectivity index (χ2v) is 6.01. The Bertz CT molecular complexity index is 651. The minimum absolute atomic E-state index is 0.0695. The Morgan fingerprint density at radius 2 is 1.75 bits per heavy atom.